The maximum Gasteiger partial charge on any atom is 0.345 e. The first-order valence-electron chi connectivity index (χ1n) is 28.8. The largest absolute Gasteiger partial charge is 0.501 e. The van der Waals surface area contributed by atoms with Gasteiger partial charge in [-0.15, -0.1) is 0 Å². The summed E-state index contributed by atoms with van der Waals surface area (Å²) in [5.74, 6) is -3.55. The van der Waals surface area contributed by atoms with Gasteiger partial charge in [0.05, 0.1) is 79.5 Å². The molecule has 0 aromatic heterocycles. The van der Waals surface area contributed by atoms with Crippen molar-refractivity contribution in [3.8, 4) is 0 Å². The first-order chi connectivity index (χ1) is 39.2. The summed E-state index contributed by atoms with van der Waals surface area (Å²) >= 11 is 0. The third kappa shape index (κ3) is 106. The Labute approximate surface area is 694 Å². The minimum Gasteiger partial charge on any atom is -0.501 e. The molecule has 0 saturated carbocycles. The van der Waals surface area contributed by atoms with Gasteiger partial charge in [-0.1, -0.05) is 164 Å². The van der Waals surface area contributed by atoms with E-state index in [0.717, 1.165) is 72.0 Å². The van der Waals surface area contributed by atoms with Gasteiger partial charge in [0, 0.05) is 266 Å². The molecule has 2 rings (SSSR count). The van der Waals surface area contributed by atoms with Crippen LogP contribution in [0.25, 0.3) is 0 Å². The van der Waals surface area contributed by atoms with E-state index in [0.29, 0.717) is 49.5 Å². The van der Waals surface area contributed by atoms with Crippen molar-refractivity contribution < 1.29 is 300 Å². The molecule has 0 bridgehead atoms. The average Bonchev–Trinajstić information content (AvgIpc) is 3.56. The summed E-state index contributed by atoms with van der Waals surface area (Å²) < 4.78 is 73.2. The average molecular weight is 1760 g/mol. The monoisotopic (exact) mass is 1760 g/mol. The van der Waals surface area contributed by atoms with Crippen LogP contribution in [0.5, 0.6) is 0 Å². The molecular formula is C62H122F4O15V6Y3. The van der Waals surface area contributed by atoms with Crippen LogP contribution in [0, 0.1) is 47.3 Å². The quantitative estimate of drug-likeness (QED) is 0.0155. The Kier molecular flexibility index (Phi) is 259. The van der Waals surface area contributed by atoms with E-state index in [2.05, 4.69) is 32.8 Å². The van der Waals surface area contributed by atoms with Gasteiger partial charge in [0.15, 0.2) is 5.92 Å². The third-order valence-corrected chi connectivity index (χ3v) is 9.06. The Balaban J connectivity index is -0.0000000290. The van der Waals surface area contributed by atoms with Crippen molar-refractivity contribution in [2.24, 2.45) is 47.3 Å². The number of hydrogen-bond donors (Lipinski definition) is 4. The van der Waals surface area contributed by atoms with E-state index < -0.39 is 35.7 Å². The van der Waals surface area contributed by atoms with Crippen molar-refractivity contribution >= 4 is 30.2 Å². The SMILES string of the molecule is CC.CC.CC.CC.CC.CC.CC.CC.CC.CCC(/C=C\F)C(CO)CO.CCC1C=COCC1CO.CCC1C=COCC1CO.COC(=O)C(=C/C=C\F)C(=O)OC.COC(=O)C(C(=O)OC)C(C)/C=C\F.O=C/C=C\F.[V].[V].[V].[V].[V].[V].[Y].[Y].[Y]. The van der Waals surface area contributed by atoms with Crippen LogP contribution in [0.15, 0.2) is 85.9 Å². The zero-order valence-electron chi connectivity index (χ0n) is 59.8. The predicted octanol–water partition coefficient (Wildman–Crippen LogP) is 15.1. The summed E-state index contributed by atoms with van der Waals surface area (Å²) in [6.07, 6.45) is 17.0. The fourth-order valence-electron chi connectivity index (χ4n) is 5.20. The number of esters is 4. The number of allylic oxidation sites excluding steroid dienone is 7. The van der Waals surface area contributed by atoms with Crippen molar-refractivity contribution in [1.82, 2.24) is 0 Å². The molecule has 28 heteroatoms. The Morgan fingerprint density at radius 3 is 0.989 bits per heavy atom. The first kappa shape index (κ1) is 155. The van der Waals surface area contributed by atoms with Crippen molar-refractivity contribution in [3.05, 3.63) is 85.9 Å². The zero-order valence-corrected chi connectivity index (χ0v) is 76.7. The minimum atomic E-state index is -1.11. The molecule has 2 aliphatic rings. The molecule has 15 nitrogen and oxygen atoms in total. The summed E-state index contributed by atoms with van der Waals surface area (Å²) in [6, 6.07) is 0. The van der Waals surface area contributed by atoms with Crippen LogP contribution < -0.4 is 0 Å². The Bertz CT molecular complexity index is 1410. The number of halogens is 4. The standard InChI is InChI=1S/C9H13FO4.C8H9FO4.C8H15FO2.2C8H14O2.C3H3FO.9C2H6.6V.3Y/c1-6(4-5-10)7(8(11)13-2)9(12)14-3;1-12-7(10)6(4-3-5-9)8(11)13-2;1-2-7(3-4-9)8(5-10)6-11;2*1-2-7-3-4-10-6-8(7)5-9;4-2-1-3-5;9*1-2;;;;;;;;;/h4-7H,1-3H3;3-5H,1-2H3;3-4,7-8,10-11H,2,5-6H2,1H3;2*3-4,7-9H,2,5-6H2,1H3;1-3H;9*1-2H3;;;;;;;;;/b5-4-;5-3-;4-3-;;;2-1-;;;;;;;;;;;;;;;;;;. The van der Waals surface area contributed by atoms with Crippen LogP contribution in [0.2, 0.25) is 0 Å². The van der Waals surface area contributed by atoms with Gasteiger partial charge in [0.25, 0.3) is 0 Å². The molecule has 0 fully saturated rings. The number of ether oxygens (including phenoxy) is 6. The third-order valence-electron chi connectivity index (χ3n) is 9.06. The fraction of sp³-hybridized carbons (Fsp3) is 0.694. The summed E-state index contributed by atoms with van der Waals surface area (Å²) in [4.78, 5) is 53.1. The van der Waals surface area contributed by atoms with Gasteiger partial charge in [-0.05, 0) is 61.3 Å². The van der Waals surface area contributed by atoms with E-state index in [1.54, 1.807) is 12.5 Å². The molecule has 2 aliphatic heterocycles. The maximum absolute atomic E-state index is 11.9. The number of aldehydes is 1. The second kappa shape index (κ2) is 150. The molecule has 90 heavy (non-hydrogen) atoms. The van der Waals surface area contributed by atoms with Gasteiger partial charge >= 0.3 is 23.9 Å². The molecule has 0 aliphatic carbocycles. The van der Waals surface area contributed by atoms with Crippen molar-refractivity contribution in [1.29, 1.82) is 0 Å². The van der Waals surface area contributed by atoms with Gasteiger partial charge in [-0.2, -0.15) is 0 Å². The minimum absolute atomic E-state index is 0. The van der Waals surface area contributed by atoms with Gasteiger partial charge in [-0.25, -0.2) is 27.2 Å². The van der Waals surface area contributed by atoms with Crippen LogP contribution in [0.1, 0.15) is 172 Å². The number of carbonyl (C=O) groups excluding carboxylic acids is 5. The summed E-state index contributed by atoms with van der Waals surface area (Å²) in [5, 5.41) is 35.2. The van der Waals surface area contributed by atoms with E-state index in [-0.39, 0.29) is 272 Å². The summed E-state index contributed by atoms with van der Waals surface area (Å²) in [5.41, 5.74) is -0.362. The van der Waals surface area contributed by atoms with E-state index in [9.17, 15) is 36.7 Å². The number of hydrogen-bond acceptors (Lipinski definition) is 15. The maximum atomic E-state index is 11.9. The van der Waals surface area contributed by atoms with Crippen LogP contribution in [-0.2, 0) is 262 Å². The molecule has 4 N–H and O–H groups in total. The van der Waals surface area contributed by atoms with Crippen molar-refractivity contribution in [3.63, 3.8) is 0 Å². The summed E-state index contributed by atoms with van der Waals surface area (Å²) in [6.45, 7) is 45.3. The Hall–Kier alpha value is 1.71. The number of aliphatic hydroxyl groups excluding tert-OH is 4. The van der Waals surface area contributed by atoms with Gasteiger partial charge in [0.2, 0.25) is 0 Å². The zero-order chi connectivity index (χ0) is 67.0. The van der Waals surface area contributed by atoms with Crippen LogP contribution in [0.3, 0.4) is 0 Å². The molecule has 0 amide bonds. The van der Waals surface area contributed by atoms with E-state index in [1.807, 2.05) is 144 Å². The van der Waals surface area contributed by atoms with Gasteiger partial charge in [-0.3, -0.25) is 14.4 Å². The number of aliphatic hydroxyl groups is 4. The summed E-state index contributed by atoms with van der Waals surface area (Å²) in [7, 11) is 4.53. The normalized spacial score (nSPS) is 13.3. The Morgan fingerprint density at radius 2 is 0.811 bits per heavy atom. The fourth-order valence-corrected chi connectivity index (χ4v) is 5.20. The molecule has 9 radical (unpaired) electrons. The number of carbonyl (C=O) groups is 5. The molecule has 0 aromatic carbocycles. The van der Waals surface area contributed by atoms with E-state index in [4.69, 9.17) is 34.7 Å². The molecule has 2 heterocycles. The van der Waals surface area contributed by atoms with Crippen molar-refractivity contribution in [2.75, 3.05) is 68.1 Å². The second-order valence-electron chi connectivity index (χ2n) is 12.9. The first-order valence-corrected chi connectivity index (χ1v) is 28.8. The Morgan fingerprint density at radius 1 is 0.511 bits per heavy atom. The topological polar surface area (TPSA) is 222 Å². The molecule has 527 valence electrons. The van der Waals surface area contributed by atoms with Crippen LogP contribution in [-0.4, -0.2) is 119 Å². The molecular weight excluding hydrogens is 1630 g/mol. The smallest absolute Gasteiger partial charge is 0.345 e. The molecule has 6 unspecified atom stereocenters. The van der Waals surface area contributed by atoms with E-state index in [1.165, 1.54) is 13.0 Å². The van der Waals surface area contributed by atoms with Crippen LogP contribution >= 0.6 is 0 Å². The van der Waals surface area contributed by atoms with Crippen molar-refractivity contribution in [2.45, 2.75) is 172 Å². The van der Waals surface area contributed by atoms with Gasteiger partial charge in [0.1, 0.15) is 11.9 Å². The molecule has 6 atom stereocenters. The predicted molar refractivity (Wildman–Crippen MR) is 328 cm³/mol. The second-order valence-corrected chi connectivity index (χ2v) is 12.9. The van der Waals surface area contributed by atoms with Crippen LogP contribution in [0.4, 0.5) is 17.6 Å². The molecule has 0 spiro atoms. The molecule has 0 saturated heterocycles. The molecule has 0 aromatic rings. The number of rotatable bonds is 17. The number of methoxy groups -OCH3 is 4. The van der Waals surface area contributed by atoms with Gasteiger partial charge < -0.3 is 48.8 Å². The van der Waals surface area contributed by atoms with E-state index >= 15 is 0 Å².